The standard InChI is InChI=1S/3C8H12O6.C2H2.3CH4.2Na.22H2O/c3*1-3(6(9)10)5(8(13)14)4(2)7(11)12;1-2;;;;;;;;;;;;;;;;;;;;;;;;;;;/h3*3-5H,1-2H3,(H,9,10)(H,11,12)(H,13,14);1-2H;3*1H4;;;22*1H2/q;;;;;;;2*+1;;;;;;;;;;;;;;;;;;;;;;/p-2/i;;;4*1D;;;;;;;;;;;;;;;;;;;;;;;;. The van der Waals surface area contributed by atoms with Crippen LogP contribution in [0.1, 0.15) is 69.2 Å². The van der Waals surface area contributed by atoms with Gasteiger partial charge in [-0.2, -0.15) is 0 Å². The van der Waals surface area contributed by atoms with Gasteiger partial charge in [-0.25, -0.2) is 0 Å². The quantitative estimate of drug-likeness (QED) is 0.0591. The van der Waals surface area contributed by atoms with Gasteiger partial charge >= 0.3 is 101 Å². The van der Waals surface area contributed by atoms with Gasteiger partial charge in [0.1, 0.15) is 1.37 Å². The second-order valence-electron chi connectivity index (χ2n) is 9.32. The van der Waals surface area contributed by atoms with Crippen LogP contribution in [0.25, 0.3) is 0 Å². The van der Waals surface area contributed by atoms with Crippen LogP contribution in [0.3, 0.4) is 0 Å². The third kappa shape index (κ3) is 86.1. The maximum atomic E-state index is 10.7. The SMILES string of the molecule is CC(C(=O)O)C(C(=O)O)C(C)C(=O)O.CC(C(=O)O)C(C(=O)O)C(C)C(=O)O.CC(C(=O)[O-])C(C(=O)[O-])C(C)C(=O)O.O.O.O.O.O.O.O.O.O.O.O.O.O.O.O.O.O.O.O.O.O.O.[2H]C.[2H]C.[2H]C.[2H]C#C.[Na+].[Na+]. The van der Waals surface area contributed by atoms with E-state index in [1.54, 1.807) is 0 Å². The van der Waals surface area contributed by atoms with Gasteiger partial charge in [0, 0.05) is 27.9 Å². The molecule has 0 aliphatic carbocycles. The van der Waals surface area contributed by atoms with Crippen molar-refractivity contribution in [1.82, 2.24) is 0 Å². The Kier molecular flexibility index (Phi) is 287. The van der Waals surface area contributed by atoms with E-state index in [-0.39, 0.29) is 180 Å². The molecule has 0 rings (SSSR count). The first-order valence-corrected chi connectivity index (χ1v) is 12.2. The van der Waals surface area contributed by atoms with E-state index in [9.17, 15) is 53.4 Å². The number of carbonyl (C=O) groups excluding carboxylic acids is 2. The Hall–Kier alpha value is -4.09. The van der Waals surface area contributed by atoms with E-state index in [4.69, 9.17) is 41.2 Å². The van der Waals surface area contributed by atoms with Crippen LogP contribution in [0.15, 0.2) is 0 Å². The predicted octanol–water partition coefficient (Wildman–Crippen LogP) is -24.3. The molecule has 0 saturated heterocycles. The van der Waals surface area contributed by atoms with Crippen LogP contribution in [0.5, 0.6) is 0 Å². The average molecular weight is 1130 g/mol. The van der Waals surface area contributed by atoms with Gasteiger partial charge in [-0.05, 0) is 0 Å². The zero-order valence-corrected chi connectivity index (χ0v) is 44.4. The number of aliphatic carboxylic acids is 9. The fourth-order valence-electron chi connectivity index (χ4n) is 3.48. The van der Waals surface area contributed by atoms with Crippen molar-refractivity contribution in [2.45, 2.75) is 63.8 Å². The smallest absolute Gasteiger partial charge is 0.550 e. The molecule has 0 aromatic rings. The maximum Gasteiger partial charge on any atom is 1.00 e. The van der Waals surface area contributed by atoms with Crippen LogP contribution in [-0.2, 0) is 43.2 Å². The summed E-state index contributed by atoms with van der Waals surface area (Å²) in [7, 11) is 3.75. The molecule has 0 aliphatic rings. The maximum absolute atomic E-state index is 10.7. The van der Waals surface area contributed by atoms with Crippen LogP contribution in [-0.4, -0.2) is 210 Å². The fourth-order valence-corrected chi connectivity index (χ4v) is 3.48. The Morgan fingerprint density at radius 2 is 0.437 bits per heavy atom. The van der Waals surface area contributed by atoms with E-state index in [1.807, 2.05) is 0 Å². The van der Waals surface area contributed by atoms with Crippen LogP contribution in [0.2, 0.25) is 0 Å². The fraction of sp³-hybridized carbons (Fsp3) is 0.621. The molecule has 450 valence electrons. The zero-order chi connectivity index (χ0) is 43.1. The molecule has 0 fully saturated rings. The topological polar surface area (TPSA) is 1030 Å². The first-order valence-electron chi connectivity index (χ1n) is 15.7. The summed E-state index contributed by atoms with van der Waals surface area (Å²) in [6.45, 7) is 6.92. The number of hydrogen-bond acceptors (Lipinski definition) is 11. The van der Waals surface area contributed by atoms with Gasteiger partial charge in [0.05, 0.1) is 41.4 Å². The first kappa shape index (κ1) is 182. The normalized spacial score (nSPS) is 10.3. The van der Waals surface area contributed by atoms with Crippen molar-refractivity contribution in [2.75, 3.05) is 0 Å². The van der Waals surface area contributed by atoms with Gasteiger partial charge < -0.3 is 176 Å². The number of rotatable bonds is 15. The molecule has 42 heteroatoms. The number of carboxylic acid groups (broad SMARTS) is 9. The van der Waals surface area contributed by atoms with Crippen LogP contribution < -0.4 is 69.3 Å². The van der Waals surface area contributed by atoms with E-state index in [0.717, 1.165) is 13.8 Å². The molecule has 71 heavy (non-hydrogen) atoms. The first-order chi connectivity index (χ1) is 23.3. The number of terminal acetylenes is 1. The third-order valence-corrected chi connectivity index (χ3v) is 6.39. The average Bonchev–Trinajstić information content (AvgIpc) is 3.04. The molecule has 0 bridgehead atoms. The van der Waals surface area contributed by atoms with E-state index < -0.39 is 107 Å². The Labute approximate surface area is 456 Å². The van der Waals surface area contributed by atoms with Crippen molar-refractivity contribution in [3.8, 4) is 12.8 Å². The molecule has 0 radical (unpaired) electrons. The largest absolute Gasteiger partial charge is 1.00 e. The van der Waals surface area contributed by atoms with Gasteiger partial charge in [-0.1, -0.05) is 63.8 Å². The second kappa shape index (κ2) is 111. The van der Waals surface area contributed by atoms with Gasteiger partial charge in [-0.3, -0.25) is 33.6 Å². The molecule has 51 N–H and O–H groups in total. The molecule has 0 aliphatic heterocycles. The molecule has 0 heterocycles. The molecule has 0 saturated carbocycles. The Balaban J connectivity index is -0.0000000107. The molecule has 0 spiro atoms. The second-order valence-corrected chi connectivity index (χ2v) is 9.32. The van der Waals surface area contributed by atoms with Gasteiger partial charge in [-0.15, -0.1) is 12.8 Å². The van der Waals surface area contributed by atoms with Crippen molar-refractivity contribution in [2.24, 2.45) is 53.3 Å². The molecule has 40 nitrogen and oxygen atoms in total. The summed E-state index contributed by atoms with van der Waals surface area (Å²) in [6.07, 6.45) is 5.76. The third-order valence-electron chi connectivity index (χ3n) is 6.39. The van der Waals surface area contributed by atoms with Crippen LogP contribution in [0, 0.1) is 66.1 Å². The zero-order valence-electron chi connectivity index (χ0n) is 44.4. The summed E-state index contributed by atoms with van der Waals surface area (Å²) < 4.78 is 23.0. The molecule has 0 aromatic heterocycles. The van der Waals surface area contributed by atoms with E-state index in [0.29, 0.717) is 0 Å². The minimum Gasteiger partial charge on any atom is -0.550 e. The van der Waals surface area contributed by atoms with Crippen LogP contribution >= 0.6 is 0 Å². The summed E-state index contributed by atoms with van der Waals surface area (Å²) in [5.74, 6) is -24.8. The summed E-state index contributed by atoms with van der Waals surface area (Å²) >= 11 is 0. The van der Waals surface area contributed by atoms with Crippen LogP contribution in [0.4, 0.5) is 0 Å². The monoisotopic (exact) mass is 1130 g/mol. The number of carboxylic acids is 9. The Bertz CT molecular complexity index is 991. The van der Waals surface area contributed by atoms with Gasteiger partial charge in [0.25, 0.3) is 0 Å². The van der Waals surface area contributed by atoms with Crippen molar-refractivity contribution < 1.29 is 274 Å². The molecular weight excluding hydrogens is 1030 g/mol. The summed E-state index contributed by atoms with van der Waals surface area (Å²) in [4.78, 5) is 94.8. The molecule has 0 amide bonds. The summed E-state index contributed by atoms with van der Waals surface area (Å²) in [5.41, 5.74) is 0. The minimum absolute atomic E-state index is 0. The van der Waals surface area contributed by atoms with Crippen molar-refractivity contribution >= 4 is 53.7 Å². The van der Waals surface area contributed by atoms with E-state index in [1.165, 1.54) is 56.3 Å². The summed E-state index contributed by atoms with van der Waals surface area (Å²) in [5, 5.41) is 81.1. The van der Waals surface area contributed by atoms with Gasteiger partial charge in [0.2, 0.25) is 0 Å². The molecule has 7 atom stereocenters. The summed E-state index contributed by atoms with van der Waals surface area (Å²) in [6, 6.07) is 0. The molecule has 7 unspecified atom stereocenters. The molecule has 0 aromatic carbocycles. The van der Waals surface area contributed by atoms with E-state index >= 15 is 0 Å². The Morgan fingerprint density at radius 3 is 0.507 bits per heavy atom. The Morgan fingerprint density at radius 1 is 0.324 bits per heavy atom. The number of carbonyl (C=O) groups is 9. The van der Waals surface area contributed by atoms with Crippen molar-refractivity contribution in [3.05, 3.63) is 0 Å². The van der Waals surface area contributed by atoms with Crippen molar-refractivity contribution in [3.63, 3.8) is 0 Å². The van der Waals surface area contributed by atoms with Crippen molar-refractivity contribution in [1.29, 1.82) is 0 Å². The number of hydrogen-bond donors (Lipinski definition) is 7. The van der Waals surface area contributed by atoms with E-state index in [2.05, 4.69) is 6.42 Å². The minimum atomic E-state index is -1.70. The predicted molar refractivity (Wildman–Crippen MR) is 239 cm³/mol. The van der Waals surface area contributed by atoms with Gasteiger partial charge in [0.15, 0.2) is 0 Å². The molecular formula is C29H92Na2O40.